The van der Waals surface area contributed by atoms with E-state index in [1.807, 2.05) is 0 Å². The van der Waals surface area contributed by atoms with Crippen LogP contribution in [0.25, 0.3) is 11.1 Å². The van der Waals surface area contributed by atoms with Crippen LogP contribution in [0.15, 0.2) is 127 Å². The Labute approximate surface area is 256 Å². The fraction of sp³-hybridized carbons (Fsp3) is 0.100. The Kier molecular flexibility index (Phi) is 5.98. The van der Waals surface area contributed by atoms with Gasteiger partial charge in [-0.25, -0.2) is 0 Å². The molecule has 0 radical (unpaired) electrons. The van der Waals surface area contributed by atoms with Crippen LogP contribution in [0, 0.1) is 27.7 Å². The Hall–Kier alpha value is -4.75. The van der Waals surface area contributed by atoms with Crippen molar-refractivity contribution in [2.45, 2.75) is 27.7 Å². The summed E-state index contributed by atoms with van der Waals surface area (Å²) in [6.07, 6.45) is 0. The van der Waals surface area contributed by atoms with Gasteiger partial charge in [0.2, 0.25) is 13.4 Å². The zero-order valence-corrected chi connectivity index (χ0v) is 25.2. The van der Waals surface area contributed by atoms with Crippen molar-refractivity contribution in [3.05, 3.63) is 150 Å². The molecular weight excluding hydrogens is 516 g/mol. The van der Waals surface area contributed by atoms with E-state index in [4.69, 9.17) is 0 Å². The third-order valence-electron chi connectivity index (χ3n) is 9.31. The first kappa shape index (κ1) is 25.9. The number of nitrogens with zero attached hydrogens (tertiary/aromatic N) is 1. The maximum atomic E-state index is 2.57. The lowest BCUT2D eigenvalue weighted by molar-refractivity contribution is 1.29. The molecule has 0 amide bonds. The summed E-state index contributed by atoms with van der Waals surface area (Å²) >= 11 is 0. The van der Waals surface area contributed by atoms with Gasteiger partial charge in [-0.15, -0.1) is 0 Å². The number of hydrogen-bond acceptors (Lipinski definition) is 1. The highest BCUT2D eigenvalue weighted by atomic mass is 15.2. The number of benzene rings is 6. The summed E-state index contributed by atoms with van der Waals surface area (Å²) in [5.41, 5.74) is 19.8. The highest BCUT2D eigenvalue weighted by Crippen LogP contribution is 2.39. The molecule has 204 valence electrons. The smallest absolute Gasteiger partial charge is 0.246 e. The van der Waals surface area contributed by atoms with Gasteiger partial charge >= 0.3 is 0 Å². The van der Waals surface area contributed by atoms with Crippen molar-refractivity contribution in [3.63, 3.8) is 0 Å². The van der Waals surface area contributed by atoms with Crippen molar-refractivity contribution in [2.75, 3.05) is 4.90 Å². The van der Waals surface area contributed by atoms with Gasteiger partial charge in [-0.3, -0.25) is 0 Å². The Balaban J connectivity index is 1.53. The number of fused-ring (bicyclic) bond motifs is 4. The van der Waals surface area contributed by atoms with Crippen LogP contribution in [0.2, 0.25) is 0 Å². The molecule has 6 aromatic carbocycles. The molecule has 2 heterocycles. The first-order valence-electron chi connectivity index (χ1n) is 15.3. The van der Waals surface area contributed by atoms with Crippen molar-refractivity contribution in [2.24, 2.45) is 0 Å². The van der Waals surface area contributed by atoms with Crippen LogP contribution in [0.4, 0.5) is 17.1 Å². The Morgan fingerprint density at radius 2 is 0.837 bits per heavy atom. The molecule has 0 fully saturated rings. The standard InChI is InChI=1S/C40H33B2N/c1-26-15-17-38-34(22-26)41(32-11-7-5-8-12-32)36-24-31(30-20-28(3)19-29(4)21-30)25-37-40(36)43(38)39-18-16-27(2)23-35(39)42(37)33-13-9-6-10-14-33/h5-25H,1-4H3. The van der Waals surface area contributed by atoms with Gasteiger partial charge in [0.25, 0.3) is 0 Å². The van der Waals surface area contributed by atoms with E-state index in [2.05, 4.69) is 160 Å². The van der Waals surface area contributed by atoms with Gasteiger partial charge < -0.3 is 4.90 Å². The first-order valence-corrected chi connectivity index (χ1v) is 15.3. The second-order valence-electron chi connectivity index (χ2n) is 12.5. The largest absolute Gasteiger partial charge is 0.313 e. The van der Waals surface area contributed by atoms with E-state index in [0.717, 1.165) is 0 Å². The van der Waals surface area contributed by atoms with Crippen LogP contribution in [0.1, 0.15) is 22.3 Å². The summed E-state index contributed by atoms with van der Waals surface area (Å²) in [5.74, 6) is 0. The van der Waals surface area contributed by atoms with E-state index in [1.165, 1.54) is 83.2 Å². The van der Waals surface area contributed by atoms with E-state index in [9.17, 15) is 0 Å². The molecule has 0 atom stereocenters. The predicted octanol–water partition coefficient (Wildman–Crippen LogP) is 5.72. The topological polar surface area (TPSA) is 3.24 Å². The minimum Gasteiger partial charge on any atom is -0.313 e. The van der Waals surface area contributed by atoms with Crippen molar-refractivity contribution < 1.29 is 0 Å². The molecule has 0 saturated heterocycles. The number of anilines is 3. The van der Waals surface area contributed by atoms with Crippen LogP contribution < -0.4 is 37.7 Å². The van der Waals surface area contributed by atoms with Crippen LogP contribution in [-0.2, 0) is 0 Å². The second-order valence-corrected chi connectivity index (χ2v) is 12.5. The minimum absolute atomic E-state index is 0.135. The van der Waals surface area contributed by atoms with Gasteiger partial charge in [0.05, 0.1) is 0 Å². The second kappa shape index (κ2) is 9.92. The number of hydrogen-bond donors (Lipinski definition) is 0. The average molecular weight is 549 g/mol. The summed E-state index contributed by atoms with van der Waals surface area (Å²) in [7, 11) is 0. The van der Waals surface area contributed by atoms with Crippen molar-refractivity contribution in [1.82, 2.24) is 0 Å². The van der Waals surface area contributed by atoms with E-state index >= 15 is 0 Å². The van der Waals surface area contributed by atoms with Gasteiger partial charge in [-0.2, -0.15) is 0 Å². The Bertz CT molecular complexity index is 1890. The monoisotopic (exact) mass is 549 g/mol. The fourth-order valence-corrected chi connectivity index (χ4v) is 7.62. The molecule has 0 aromatic heterocycles. The fourth-order valence-electron chi connectivity index (χ4n) is 7.62. The molecule has 0 saturated carbocycles. The molecule has 0 spiro atoms. The van der Waals surface area contributed by atoms with Crippen LogP contribution in [-0.4, -0.2) is 13.4 Å². The zero-order valence-electron chi connectivity index (χ0n) is 25.2. The third-order valence-corrected chi connectivity index (χ3v) is 9.31. The average Bonchev–Trinajstić information content (AvgIpc) is 3.01. The lowest BCUT2D eigenvalue weighted by Gasteiger charge is -2.44. The van der Waals surface area contributed by atoms with Gasteiger partial charge in [-0.05, 0) is 72.8 Å². The normalized spacial score (nSPS) is 13.0. The Morgan fingerprint density at radius 1 is 0.395 bits per heavy atom. The van der Waals surface area contributed by atoms with Gasteiger partial charge in [-0.1, -0.05) is 148 Å². The highest BCUT2D eigenvalue weighted by Gasteiger charge is 2.43. The summed E-state index contributed by atoms with van der Waals surface area (Å²) in [5, 5.41) is 0. The van der Waals surface area contributed by atoms with Crippen LogP contribution in [0.3, 0.4) is 0 Å². The molecule has 2 aliphatic rings. The molecular formula is C40H33B2N. The Morgan fingerprint density at radius 3 is 1.30 bits per heavy atom. The van der Waals surface area contributed by atoms with E-state index in [-0.39, 0.29) is 13.4 Å². The van der Waals surface area contributed by atoms with Crippen LogP contribution in [0.5, 0.6) is 0 Å². The maximum Gasteiger partial charge on any atom is 0.246 e. The highest BCUT2D eigenvalue weighted by molar-refractivity contribution is 7.02. The number of rotatable bonds is 3. The molecule has 43 heavy (non-hydrogen) atoms. The molecule has 2 aliphatic heterocycles. The third kappa shape index (κ3) is 4.18. The molecule has 3 heteroatoms. The molecule has 0 unspecified atom stereocenters. The zero-order chi connectivity index (χ0) is 29.2. The molecule has 1 nitrogen and oxygen atoms in total. The minimum atomic E-state index is 0.135. The summed E-state index contributed by atoms with van der Waals surface area (Å²) < 4.78 is 0. The van der Waals surface area contributed by atoms with Crippen molar-refractivity contribution >= 4 is 63.3 Å². The quantitative estimate of drug-likeness (QED) is 0.255. The lowest BCUT2D eigenvalue weighted by Crippen LogP contribution is -2.65. The van der Waals surface area contributed by atoms with E-state index < -0.39 is 0 Å². The molecule has 8 rings (SSSR count). The molecule has 6 aromatic rings. The van der Waals surface area contributed by atoms with E-state index in [0.29, 0.717) is 0 Å². The lowest BCUT2D eigenvalue weighted by atomic mass is 9.30. The summed E-state index contributed by atoms with van der Waals surface area (Å²) in [6, 6.07) is 48.2. The maximum absolute atomic E-state index is 2.57. The molecule has 0 aliphatic carbocycles. The van der Waals surface area contributed by atoms with E-state index in [1.54, 1.807) is 0 Å². The summed E-state index contributed by atoms with van der Waals surface area (Å²) in [4.78, 5) is 2.57. The van der Waals surface area contributed by atoms with Gasteiger partial charge in [0, 0.05) is 17.1 Å². The van der Waals surface area contributed by atoms with Crippen molar-refractivity contribution in [3.8, 4) is 11.1 Å². The molecule has 0 N–H and O–H groups in total. The van der Waals surface area contributed by atoms with Gasteiger partial charge in [0.1, 0.15) is 0 Å². The predicted molar refractivity (Wildman–Crippen MR) is 188 cm³/mol. The van der Waals surface area contributed by atoms with Crippen molar-refractivity contribution in [1.29, 1.82) is 0 Å². The van der Waals surface area contributed by atoms with Gasteiger partial charge in [0.15, 0.2) is 0 Å². The number of aryl methyl sites for hydroxylation is 4. The first-order chi connectivity index (χ1) is 21.0. The summed E-state index contributed by atoms with van der Waals surface area (Å²) in [6.45, 7) is 9.12. The van der Waals surface area contributed by atoms with Crippen LogP contribution >= 0.6 is 0 Å². The SMILES string of the molecule is Cc1cc(C)cc(-c2cc3c4c(c2)B(c2ccccc2)c2cc(C)ccc2N4c2ccc(C)cc2B3c2ccccc2)c1. The molecule has 0 bridgehead atoms.